The van der Waals surface area contributed by atoms with Crippen LogP contribution in [0, 0.1) is 0 Å². The Morgan fingerprint density at radius 1 is 1.56 bits per heavy atom. The summed E-state index contributed by atoms with van der Waals surface area (Å²) in [6, 6.07) is 4.12. The number of rotatable bonds is 5. The molecule has 1 aliphatic heterocycles. The van der Waals surface area contributed by atoms with E-state index in [-0.39, 0.29) is 12.5 Å². The first-order valence-corrected chi connectivity index (χ1v) is 7.45. The van der Waals surface area contributed by atoms with Crippen molar-refractivity contribution >= 4 is 17.7 Å². The average Bonchev–Trinajstić information content (AvgIpc) is 2.79. The van der Waals surface area contributed by atoms with Gasteiger partial charge in [0.2, 0.25) is 0 Å². The Kier molecular flexibility index (Phi) is 4.72. The van der Waals surface area contributed by atoms with Crippen LogP contribution in [-0.4, -0.2) is 40.1 Å². The second-order valence-electron chi connectivity index (χ2n) is 4.52. The van der Waals surface area contributed by atoms with Gasteiger partial charge in [-0.05, 0) is 12.1 Å². The second kappa shape index (κ2) is 6.29. The van der Waals surface area contributed by atoms with Gasteiger partial charge < -0.3 is 9.52 Å². The molecule has 0 aromatic carbocycles. The maximum atomic E-state index is 10.9. The number of thioether (sulfide) groups is 1. The molecule has 1 fully saturated rings. The molecule has 0 saturated carbocycles. The molecule has 0 aliphatic carbocycles. The first kappa shape index (κ1) is 13.5. The van der Waals surface area contributed by atoms with Crippen molar-refractivity contribution in [3.05, 3.63) is 23.7 Å². The van der Waals surface area contributed by atoms with Crippen molar-refractivity contribution in [3.8, 4) is 0 Å². The van der Waals surface area contributed by atoms with E-state index in [1.165, 1.54) is 0 Å². The van der Waals surface area contributed by atoms with E-state index in [4.69, 9.17) is 9.52 Å². The van der Waals surface area contributed by atoms with Gasteiger partial charge in [0.15, 0.2) is 0 Å². The summed E-state index contributed by atoms with van der Waals surface area (Å²) < 4.78 is 5.69. The Balaban J connectivity index is 1.98. The third kappa shape index (κ3) is 3.53. The predicted molar refractivity (Wildman–Crippen MR) is 71.9 cm³/mol. The Morgan fingerprint density at radius 2 is 2.33 bits per heavy atom. The molecular weight excluding hydrogens is 250 g/mol. The van der Waals surface area contributed by atoms with Gasteiger partial charge in [-0.1, -0.05) is 6.92 Å². The molecule has 1 saturated heterocycles. The smallest absolute Gasteiger partial charge is 0.304 e. The average molecular weight is 269 g/mol. The van der Waals surface area contributed by atoms with Crippen LogP contribution in [0.1, 0.15) is 24.9 Å². The Hall–Kier alpha value is -0.940. The number of furan rings is 1. The summed E-state index contributed by atoms with van der Waals surface area (Å²) in [6.07, 6.45) is 1.11. The van der Waals surface area contributed by atoms with Crippen LogP contribution >= 0.6 is 11.8 Å². The number of hydrogen-bond donors (Lipinski definition) is 1. The summed E-state index contributed by atoms with van der Waals surface area (Å²) in [7, 11) is 0. The SMILES string of the molecule is CCc1ccc(CN2CCSCC2CC(=O)O)o1. The number of aliphatic carboxylic acids is 1. The van der Waals surface area contributed by atoms with Gasteiger partial charge in [0.05, 0.1) is 13.0 Å². The van der Waals surface area contributed by atoms with Crippen molar-refractivity contribution < 1.29 is 14.3 Å². The van der Waals surface area contributed by atoms with Crippen molar-refractivity contribution in [3.63, 3.8) is 0 Å². The molecule has 4 nitrogen and oxygen atoms in total. The summed E-state index contributed by atoms with van der Waals surface area (Å²) in [4.78, 5) is 13.1. The van der Waals surface area contributed by atoms with E-state index in [9.17, 15) is 4.79 Å². The molecule has 1 unspecified atom stereocenters. The first-order chi connectivity index (χ1) is 8.69. The Morgan fingerprint density at radius 3 is 3.00 bits per heavy atom. The molecule has 5 heteroatoms. The maximum Gasteiger partial charge on any atom is 0.304 e. The normalized spacial score (nSPS) is 21.1. The molecule has 100 valence electrons. The molecule has 2 rings (SSSR count). The molecule has 1 N–H and O–H groups in total. The summed E-state index contributed by atoms with van der Waals surface area (Å²) >= 11 is 1.83. The van der Waals surface area contributed by atoms with Gasteiger partial charge in [0.1, 0.15) is 11.5 Å². The van der Waals surface area contributed by atoms with E-state index < -0.39 is 5.97 Å². The van der Waals surface area contributed by atoms with E-state index in [2.05, 4.69) is 11.8 Å². The highest BCUT2D eigenvalue weighted by Gasteiger charge is 2.25. The molecule has 0 amide bonds. The molecular formula is C13H19NO3S. The first-order valence-electron chi connectivity index (χ1n) is 6.30. The minimum Gasteiger partial charge on any atom is -0.481 e. The fourth-order valence-corrected chi connectivity index (χ4v) is 3.32. The van der Waals surface area contributed by atoms with Gasteiger partial charge in [-0.3, -0.25) is 9.69 Å². The fraction of sp³-hybridized carbons (Fsp3) is 0.615. The van der Waals surface area contributed by atoms with E-state index in [0.717, 1.165) is 42.5 Å². The van der Waals surface area contributed by atoms with Crippen LogP contribution in [0.3, 0.4) is 0 Å². The summed E-state index contributed by atoms with van der Waals surface area (Å²) in [5.74, 6) is 3.17. The Bertz CT molecular complexity index is 405. The van der Waals surface area contributed by atoms with Crippen molar-refractivity contribution in [1.82, 2.24) is 4.90 Å². The van der Waals surface area contributed by atoms with Gasteiger partial charge in [0, 0.05) is 30.5 Å². The number of carboxylic acids is 1. The van der Waals surface area contributed by atoms with Crippen LogP contribution in [0.5, 0.6) is 0 Å². The topological polar surface area (TPSA) is 53.7 Å². The van der Waals surface area contributed by atoms with Gasteiger partial charge >= 0.3 is 5.97 Å². The van der Waals surface area contributed by atoms with Gasteiger partial charge in [-0.2, -0.15) is 11.8 Å². The highest BCUT2D eigenvalue weighted by molar-refractivity contribution is 7.99. The fourth-order valence-electron chi connectivity index (χ4n) is 2.18. The molecule has 1 aromatic heterocycles. The van der Waals surface area contributed by atoms with E-state index in [0.29, 0.717) is 0 Å². The summed E-state index contributed by atoms with van der Waals surface area (Å²) in [5.41, 5.74) is 0. The van der Waals surface area contributed by atoms with Crippen LogP contribution in [0.4, 0.5) is 0 Å². The third-order valence-electron chi connectivity index (χ3n) is 3.18. The number of aryl methyl sites for hydroxylation is 1. The largest absolute Gasteiger partial charge is 0.481 e. The van der Waals surface area contributed by atoms with Crippen LogP contribution in [0.15, 0.2) is 16.5 Å². The lowest BCUT2D eigenvalue weighted by Crippen LogP contribution is -2.42. The molecule has 0 radical (unpaired) electrons. The molecule has 1 atom stereocenters. The zero-order chi connectivity index (χ0) is 13.0. The van der Waals surface area contributed by atoms with E-state index in [1.807, 2.05) is 23.9 Å². The number of hydrogen-bond acceptors (Lipinski definition) is 4. The Labute approximate surface area is 111 Å². The minimum atomic E-state index is -0.721. The van der Waals surface area contributed by atoms with Gasteiger partial charge in [0.25, 0.3) is 0 Å². The summed E-state index contributed by atoms with van der Waals surface area (Å²) in [5, 5.41) is 8.93. The van der Waals surface area contributed by atoms with Crippen LogP contribution in [0.25, 0.3) is 0 Å². The second-order valence-corrected chi connectivity index (χ2v) is 5.67. The van der Waals surface area contributed by atoms with Gasteiger partial charge in [-0.25, -0.2) is 0 Å². The van der Waals surface area contributed by atoms with E-state index in [1.54, 1.807) is 0 Å². The van der Waals surface area contributed by atoms with E-state index >= 15 is 0 Å². The molecule has 0 spiro atoms. The molecule has 18 heavy (non-hydrogen) atoms. The van der Waals surface area contributed by atoms with Crippen LogP contribution in [-0.2, 0) is 17.8 Å². The highest BCUT2D eigenvalue weighted by Crippen LogP contribution is 2.22. The summed E-state index contributed by atoms with van der Waals surface area (Å²) in [6.45, 7) is 3.72. The van der Waals surface area contributed by atoms with Crippen molar-refractivity contribution in [1.29, 1.82) is 0 Å². The predicted octanol–water partition coefficient (Wildman–Crippen LogP) is 2.23. The quantitative estimate of drug-likeness (QED) is 0.888. The molecule has 0 bridgehead atoms. The number of nitrogens with zero attached hydrogens (tertiary/aromatic N) is 1. The monoisotopic (exact) mass is 269 g/mol. The maximum absolute atomic E-state index is 10.9. The van der Waals surface area contributed by atoms with Crippen molar-refractivity contribution in [2.24, 2.45) is 0 Å². The number of carboxylic acid groups (broad SMARTS) is 1. The molecule has 2 heterocycles. The van der Waals surface area contributed by atoms with Crippen molar-refractivity contribution in [2.45, 2.75) is 32.4 Å². The minimum absolute atomic E-state index is 0.122. The lowest BCUT2D eigenvalue weighted by Gasteiger charge is -2.33. The standard InChI is InChI=1S/C13H19NO3S/c1-2-11-3-4-12(17-11)8-14-5-6-18-9-10(14)7-13(15)16/h3-4,10H,2,5-9H2,1H3,(H,15,16). The number of carbonyl (C=O) groups is 1. The van der Waals surface area contributed by atoms with Crippen LogP contribution in [0.2, 0.25) is 0 Å². The zero-order valence-electron chi connectivity index (χ0n) is 10.6. The highest BCUT2D eigenvalue weighted by atomic mass is 32.2. The third-order valence-corrected chi connectivity index (χ3v) is 4.28. The zero-order valence-corrected chi connectivity index (χ0v) is 11.4. The molecule has 1 aliphatic rings. The molecule has 1 aromatic rings. The lowest BCUT2D eigenvalue weighted by atomic mass is 10.2. The van der Waals surface area contributed by atoms with Gasteiger partial charge in [-0.15, -0.1) is 0 Å². The van der Waals surface area contributed by atoms with Crippen molar-refractivity contribution in [2.75, 3.05) is 18.1 Å². The lowest BCUT2D eigenvalue weighted by molar-refractivity contribution is -0.138. The van der Waals surface area contributed by atoms with Crippen LogP contribution < -0.4 is 0 Å².